The first-order valence-electron chi connectivity index (χ1n) is 5.80. The van der Waals surface area contributed by atoms with Gasteiger partial charge in [0, 0.05) is 6.07 Å². The minimum absolute atomic E-state index is 0.185. The van der Waals surface area contributed by atoms with Gasteiger partial charge in [-0.1, -0.05) is 6.07 Å². The zero-order valence-corrected chi connectivity index (χ0v) is 10.8. The number of aromatic nitrogens is 1. The predicted molar refractivity (Wildman–Crippen MR) is 67.1 cm³/mol. The van der Waals surface area contributed by atoms with Crippen LogP contribution in [0.1, 0.15) is 16.1 Å². The van der Waals surface area contributed by atoms with Gasteiger partial charge in [0.05, 0.1) is 12.7 Å². The Kier molecular flexibility index (Phi) is 4.11. The third-order valence-corrected chi connectivity index (χ3v) is 2.51. The van der Waals surface area contributed by atoms with Crippen LogP contribution in [0.4, 0.5) is 13.2 Å². The van der Waals surface area contributed by atoms with Crippen molar-refractivity contribution in [2.45, 2.75) is 6.18 Å². The van der Waals surface area contributed by atoms with Crippen LogP contribution in [0.25, 0.3) is 0 Å². The summed E-state index contributed by atoms with van der Waals surface area (Å²) in [7, 11) is 1.25. The van der Waals surface area contributed by atoms with Crippen LogP contribution >= 0.6 is 0 Å². The number of carbonyl (C=O) groups excluding carboxylic acids is 1. The fourth-order valence-electron chi connectivity index (χ4n) is 1.53. The Morgan fingerprint density at radius 1 is 1.10 bits per heavy atom. The predicted octanol–water partition coefficient (Wildman–Crippen LogP) is 3.68. The molecule has 0 bridgehead atoms. The molecule has 110 valence electrons. The second kappa shape index (κ2) is 5.82. The lowest BCUT2D eigenvalue weighted by Gasteiger charge is -2.09. The maximum absolute atomic E-state index is 12.5. The van der Waals surface area contributed by atoms with Crippen LogP contribution < -0.4 is 4.74 Å². The van der Waals surface area contributed by atoms with E-state index in [0.717, 1.165) is 6.07 Å². The highest BCUT2D eigenvalue weighted by Gasteiger charge is 2.32. The Morgan fingerprint density at radius 2 is 1.76 bits per heavy atom. The fourth-order valence-corrected chi connectivity index (χ4v) is 1.53. The quantitative estimate of drug-likeness (QED) is 0.811. The van der Waals surface area contributed by atoms with Crippen LogP contribution in [0.3, 0.4) is 0 Å². The van der Waals surface area contributed by atoms with E-state index in [1.165, 1.54) is 43.5 Å². The molecule has 1 aromatic carbocycles. The van der Waals surface area contributed by atoms with E-state index in [-0.39, 0.29) is 11.6 Å². The molecule has 0 spiro atoms. The molecule has 0 aliphatic carbocycles. The number of esters is 1. The summed E-state index contributed by atoms with van der Waals surface area (Å²) in [5.74, 6) is -0.441. The van der Waals surface area contributed by atoms with E-state index in [2.05, 4.69) is 9.72 Å². The van der Waals surface area contributed by atoms with Gasteiger partial charge in [-0.2, -0.15) is 13.2 Å². The number of methoxy groups -OCH3 is 1. The molecular formula is C14H10F3NO3. The van der Waals surface area contributed by atoms with Crippen molar-refractivity contribution in [3.8, 4) is 11.6 Å². The smallest absolute Gasteiger partial charge is 0.433 e. The van der Waals surface area contributed by atoms with Crippen molar-refractivity contribution in [2.24, 2.45) is 0 Å². The molecule has 0 aliphatic rings. The van der Waals surface area contributed by atoms with Gasteiger partial charge in [-0.05, 0) is 30.3 Å². The molecule has 0 unspecified atom stereocenters. The highest BCUT2D eigenvalue weighted by Crippen LogP contribution is 2.29. The van der Waals surface area contributed by atoms with Crippen LogP contribution in [0.5, 0.6) is 11.6 Å². The molecule has 0 radical (unpaired) electrons. The topological polar surface area (TPSA) is 48.4 Å². The summed E-state index contributed by atoms with van der Waals surface area (Å²) in [6, 6.07) is 9.12. The number of rotatable bonds is 3. The summed E-state index contributed by atoms with van der Waals surface area (Å²) in [5.41, 5.74) is -0.729. The Morgan fingerprint density at radius 3 is 2.33 bits per heavy atom. The molecule has 1 aromatic heterocycles. The number of pyridine rings is 1. The summed E-state index contributed by atoms with van der Waals surface area (Å²) in [6.07, 6.45) is -4.53. The molecule has 2 rings (SSSR count). The van der Waals surface area contributed by atoms with Gasteiger partial charge in [-0.15, -0.1) is 0 Å². The number of ether oxygens (including phenoxy) is 2. The number of alkyl halides is 3. The third-order valence-electron chi connectivity index (χ3n) is 2.51. The van der Waals surface area contributed by atoms with Gasteiger partial charge in [0.2, 0.25) is 5.88 Å². The first-order chi connectivity index (χ1) is 9.90. The zero-order chi connectivity index (χ0) is 15.5. The van der Waals surface area contributed by atoms with Crippen molar-refractivity contribution in [3.63, 3.8) is 0 Å². The number of benzene rings is 1. The van der Waals surface area contributed by atoms with E-state index in [0.29, 0.717) is 5.56 Å². The maximum Gasteiger partial charge on any atom is 0.433 e. The first kappa shape index (κ1) is 14.8. The van der Waals surface area contributed by atoms with E-state index in [1.54, 1.807) is 0 Å². The zero-order valence-electron chi connectivity index (χ0n) is 10.8. The maximum atomic E-state index is 12.5. The molecule has 21 heavy (non-hydrogen) atoms. The Hall–Kier alpha value is -2.57. The van der Waals surface area contributed by atoms with Gasteiger partial charge in [-0.3, -0.25) is 0 Å². The van der Waals surface area contributed by atoms with Crippen LogP contribution in [0.2, 0.25) is 0 Å². The standard InChI is InChI=1S/C14H10F3NO3/c1-20-13(19)9-5-7-10(8-6-9)21-12-4-2-3-11(18-12)14(15,16)17/h2-8H,1H3. The molecule has 2 aromatic rings. The van der Waals surface area contributed by atoms with Crippen LogP contribution in [-0.4, -0.2) is 18.1 Å². The summed E-state index contributed by atoms with van der Waals surface area (Å²) in [5, 5.41) is 0. The summed E-state index contributed by atoms with van der Waals surface area (Å²) >= 11 is 0. The van der Waals surface area contributed by atoms with Crippen LogP contribution in [0, 0.1) is 0 Å². The lowest BCUT2D eigenvalue weighted by molar-refractivity contribution is -0.141. The van der Waals surface area contributed by atoms with Gasteiger partial charge in [-0.25, -0.2) is 9.78 Å². The van der Waals surface area contributed by atoms with E-state index >= 15 is 0 Å². The summed E-state index contributed by atoms with van der Waals surface area (Å²) in [6.45, 7) is 0. The van der Waals surface area contributed by atoms with Crippen molar-refractivity contribution in [1.82, 2.24) is 4.98 Å². The highest BCUT2D eigenvalue weighted by molar-refractivity contribution is 5.89. The molecule has 0 aliphatic heterocycles. The lowest BCUT2D eigenvalue weighted by atomic mass is 10.2. The van der Waals surface area contributed by atoms with E-state index in [4.69, 9.17) is 4.74 Å². The SMILES string of the molecule is COC(=O)c1ccc(Oc2cccc(C(F)(F)F)n2)cc1. The van der Waals surface area contributed by atoms with Gasteiger partial charge >= 0.3 is 12.1 Å². The van der Waals surface area contributed by atoms with E-state index < -0.39 is 17.8 Å². The number of hydrogen-bond acceptors (Lipinski definition) is 4. The second-order valence-corrected chi connectivity index (χ2v) is 3.98. The van der Waals surface area contributed by atoms with Crippen LogP contribution in [0.15, 0.2) is 42.5 Å². The molecule has 0 amide bonds. The molecular weight excluding hydrogens is 287 g/mol. The second-order valence-electron chi connectivity index (χ2n) is 3.98. The summed E-state index contributed by atoms with van der Waals surface area (Å²) < 4.78 is 47.3. The number of nitrogens with zero attached hydrogens (tertiary/aromatic N) is 1. The average molecular weight is 297 g/mol. The minimum atomic E-state index is -4.53. The van der Waals surface area contributed by atoms with Crippen molar-refractivity contribution in [2.75, 3.05) is 7.11 Å². The minimum Gasteiger partial charge on any atom is -0.465 e. The fraction of sp³-hybridized carbons (Fsp3) is 0.143. The van der Waals surface area contributed by atoms with Crippen molar-refractivity contribution in [3.05, 3.63) is 53.7 Å². The number of halogens is 3. The molecule has 0 N–H and O–H groups in total. The molecule has 0 atom stereocenters. The monoisotopic (exact) mass is 297 g/mol. The molecule has 0 saturated carbocycles. The van der Waals surface area contributed by atoms with E-state index in [9.17, 15) is 18.0 Å². The number of carbonyl (C=O) groups is 1. The summed E-state index contributed by atoms with van der Waals surface area (Å²) in [4.78, 5) is 14.6. The largest absolute Gasteiger partial charge is 0.465 e. The Labute approximate surface area is 118 Å². The van der Waals surface area contributed by atoms with Gasteiger partial charge in [0.1, 0.15) is 11.4 Å². The number of hydrogen-bond donors (Lipinski definition) is 0. The Balaban J connectivity index is 2.17. The lowest BCUT2D eigenvalue weighted by Crippen LogP contribution is -2.08. The third kappa shape index (κ3) is 3.71. The Bertz CT molecular complexity index is 639. The molecule has 7 heteroatoms. The van der Waals surface area contributed by atoms with Gasteiger partial charge in [0.15, 0.2) is 0 Å². The molecule has 0 fully saturated rings. The first-order valence-corrected chi connectivity index (χ1v) is 5.80. The van der Waals surface area contributed by atoms with Gasteiger partial charge in [0.25, 0.3) is 0 Å². The van der Waals surface area contributed by atoms with Crippen molar-refractivity contribution >= 4 is 5.97 Å². The van der Waals surface area contributed by atoms with Gasteiger partial charge < -0.3 is 9.47 Å². The molecule has 4 nitrogen and oxygen atoms in total. The average Bonchev–Trinajstić information content (AvgIpc) is 2.47. The normalized spacial score (nSPS) is 11.0. The van der Waals surface area contributed by atoms with Crippen LogP contribution in [-0.2, 0) is 10.9 Å². The van der Waals surface area contributed by atoms with Crippen molar-refractivity contribution in [1.29, 1.82) is 0 Å². The highest BCUT2D eigenvalue weighted by atomic mass is 19.4. The molecule has 0 saturated heterocycles. The molecule has 1 heterocycles. The van der Waals surface area contributed by atoms with E-state index in [1.807, 2.05) is 0 Å². The van der Waals surface area contributed by atoms with Crippen molar-refractivity contribution < 1.29 is 27.4 Å².